The molecule has 2 aliphatic heterocycles. The summed E-state index contributed by atoms with van der Waals surface area (Å²) in [4.78, 5) is 37.1. The maximum Gasteiger partial charge on any atom is 0.312 e. The van der Waals surface area contributed by atoms with Crippen molar-refractivity contribution in [2.75, 3.05) is 44.2 Å². The van der Waals surface area contributed by atoms with Crippen molar-refractivity contribution in [2.45, 2.75) is 87.2 Å². The van der Waals surface area contributed by atoms with Crippen molar-refractivity contribution >= 4 is 49.9 Å². The summed E-state index contributed by atoms with van der Waals surface area (Å²) in [5.74, 6) is 0.124. The zero-order valence-corrected chi connectivity index (χ0v) is 35.3. The van der Waals surface area contributed by atoms with Crippen LogP contribution in [-0.4, -0.2) is 90.5 Å². The summed E-state index contributed by atoms with van der Waals surface area (Å²) in [6, 6.07) is 12.1. The monoisotopic (exact) mass is 856 g/mol. The number of nitrogens with one attached hydrogen (secondary N) is 2. The molecule has 16 heteroatoms. The molecule has 60 heavy (non-hydrogen) atoms. The quantitative estimate of drug-likeness (QED) is 0.0619. The Labute approximate surface area is 353 Å². The van der Waals surface area contributed by atoms with Crippen molar-refractivity contribution < 1.29 is 32.3 Å². The lowest BCUT2D eigenvalue weighted by Crippen LogP contribution is -2.47. The predicted molar refractivity (Wildman–Crippen MR) is 225 cm³/mol. The van der Waals surface area contributed by atoms with Crippen molar-refractivity contribution in [1.82, 2.24) is 19.6 Å². The van der Waals surface area contributed by atoms with Crippen LogP contribution in [0.1, 0.15) is 75.6 Å². The Kier molecular flexibility index (Phi) is 9.50. The number of rotatable bonds is 12. The number of anilines is 1. The number of nitro benzene ring substituents is 1. The number of H-pyrrole nitrogens is 1. The largest absolute Gasteiger partial charge is 0.481 e. The molecule has 4 heterocycles. The van der Waals surface area contributed by atoms with E-state index in [4.69, 9.17) is 25.8 Å². The number of nitrogens with zero attached hydrogens (tertiary/aromatic N) is 4. The van der Waals surface area contributed by atoms with Crippen LogP contribution in [0.15, 0.2) is 77.0 Å². The second-order valence-corrected chi connectivity index (χ2v) is 20.7. The fraction of sp³-hybridized carbons (Fsp3) is 0.500. The van der Waals surface area contributed by atoms with Crippen LogP contribution in [0.25, 0.3) is 11.0 Å². The third-order valence-electron chi connectivity index (χ3n) is 13.8. The standard InChI is InChI=1S/C44H49ClN6O8S/c1-42(2)9-7-28(34(21-42)44-22-35(44)36(45)23-44)25-49-13-15-50(16-14-49)29-3-5-33(39(18-29)58-30-17-27-8-12-46-40(27)47-24-30)41(52)48-60(55,56)32-4-6-38(37(19-32)51(53)54)59-31-20-43(10-11-43)57-26-31/h3-6,8,12,17-19,24,31,35-36H,7,9-11,13-16,20-23,25-26H2,1-2H3,(H,46,47)(H,48,52)/t31?,35?,36-,44?/m0/s1. The zero-order valence-electron chi connectivity index (χ0n) is 33.7. The Morgan fingerprint density at radius 3 is 2.58 bits per heavy atom. The molecular formula is C44H49ClN6O8S. The van der Waals surface area contributed by atoms with E-state index >= 15 is 0 Å². The number of fused-ring (bicyclic) bond motifs is 2. The van der Waals surface area contributed by atoms with Crippen molar-refractivity contribution in [1.29, 1.82) is 0 Å². The molecule has 0 radical (unpaired) electrons. The van der Waals surface area contributed by atoms with Crippen LogP contribution in [0.5, 0.6) is 17.2 Å². The summed E-state index contributed by atoms with van der Waals surface area (Å²) in [7, 11) is -4.58. The summed E-state index contributed by atoms with van der Waals surface area (Å²) in [5, 5.41) is 13.2. The van der Waals surface area contributed by atoms with Crippen LogP contribution in [0.3, 0.4) is 0 Å². The van der Waals surface area contributed by atoms with Gasteiger partial charge in [0.15, 0.2) is 5.75 Å². The van der Waals surface area contributed by atoms with E-state index in [1.807, 2.05) is 6.07 Å². The van der Waals surface area contributed by atoms with Crippen LogP contribution < -0.4 is 19.1 Å². The van der Waals surface area contributed by atoms with Crippen LogP contribution >= 0.6 is 11.6 Å². The Bertz CT molecular complexity index is 2550. The zero-order chi connectivity index (χ0) is 41.6. The topological polar surface area (TPSA) is 169 Å². The smallest absolute Gasteiger partial charge is 0.312 e. The highest BCUT2D eigenvalue weighted by Crippen LogP contribution is 2.75. The molecule has 4 atom stereocenters. The van der Waals surface area contributed by atoms with Gasteiger partial charge in [-0.15, -0.1) is 11.6 Å². The van der Waals surface area contributed by atoms with Crippen molar-refractivity contribution in [3.63, 3.8) is 0 Å². The van der Waals surface area contributed by atoms with E-state index in [1.54, 1.807) is 41.6 Å². The Hall–Kier alpha value is -4.70. The number of allylic oxidation sites excluding steroid dienone is 1. The maximum atomic E-state index is 13.9. The van der Waals surface area contributed by atoms with Gasteiger partial charge < -0.3 is 24.1 Å². The van der Waals surface area contributed by atoms with E-state index < -0.39 is 31.4 Å². The Balaban J connectivity index is 0.868. The molecule has 1 spiro atoms. The molecule has 3 unspecified atom stereocenters. The first kappa shape index (κ1) is 39.4. The van der Waals surface area contributed by atoms with E-state index in [1.165, 1.54) is 31.2 Å². The van der Waals surface area contributed by atoms with E-state index in [0.717, 1.165) is 82.0 Å². The molecule has 5 fully saturated rings. The third-order valence-corrected chi connectivity index (χ3v) is 15.6. The van der Waals surface area contributed by atoms with Gasteiger partial charge >= 0.3 is 5.69 Å². The van der Waals surface area contributed by atoms with Gasteiger partial charge in [0.05, 0.1) is 33.8 Å². The first-order valence-electron chi connectivity index (χ1n) is 20.9. The van der Waals surface area contributed by atoms with Gasteiger partial charge in [-0.3, -0.25) is 19.8 Å². The second-order valence-electron chi connectivity index (χ2n) is 18.5. The number of halogens is 1. The molecule has 2 aromatic carbocycles. The summed E-state index contributed by atoms with van der Waals surface area (Å²) in [6.07, 6.45) is 11.2. The molecule has 2 N–H and O–H groups in total. The molecule has 6 aliphatic rings. The summed E-state index contributed by atoms with van der Waals surface area (Å²) >= 11 is 6.61. The van der Waals surface area contributed by atoms with Crippen LogP contribution in [0.2, 0.25) is 0 Å². The highest BCUT2D eigenvalue weighted by molar-refractivity contribution is 7.90. The minimum absolute atomic E-state index is 0.0348. The normalized spacial score (nSPS) is 26.7. The van der Waals surface area contributed by atoms with Gasteiger partial charge in [0.1, 0.15) is 23.3 Å². The first-order valence-corrected chi connectivity index (χ1v) is 22.8. The van der Waals surface area contributed by atoms with Crippen molar-refractivity contribution in [2.24, 2.45) is 16.7 Å². The fourth-order valence-corrected chi connectivity index (χ4v) is 11.7. The lowest BCUT2D eigenvalue weighted by atomic mass is 9.65. The third kappa shape index (κ3) is 7.41. The molecule has 2 saturated heterocycles. The SMILES string of the molecule is CC1(C)CCC(CN2CCN(c3ccc(C(=O)NS(=O)(=O)c4ccc(OC5COC6(CC6)C5)c([N+](=O)[O-])c4)c(Oc4cnc5[nH]ccc5c4)c3)CC2)=C(C23CC2[C@@H](Cl)C3)C1. The highest BCUT2D eigenvalue weighted by atomic mass is 35.5. The van der Waals surface area contributed by atoms with E-state index in [9.17, 15) is 23.3 Å². The lowest BCUT2D eigenvalue weighted by molar-refractivity contribution is -0.386. The van der Waals surface area contributed by atoms with Gasteiger partial charge in [0, 0.05) is 73.9 Å². The summed E-state index contributed by atoms with van der Waals surface area (Å²) in [6.45, 7) is 9.32. The lowest BCUT2D eigenvalue weighted by Gasteiger charge is -2.43. The molecule has 316 valence electrons. The number of carbonyl (C=O) groups is 1. The number of carbonyl (C=O) groups excluding carboxylic acids is 1. The molecule has 2 aromatic heterocycles. The van der Waals surface area contributed by atoms with Gasteiger partial charge in [-0.2, -0.15) is 0 Å². The van der Waals surface area contributed by atoms with Crippen LogP contribution in [-0.2, 0) is 14.8 Å². The number of nitro groups is 1. The van der Waals surface area contributed by atoms with Gasteiger partial charge in [-0.25, -0.2) is 18.1 Å². The number of benzene rings is 2. The minimum Gasteiger partial charge on any atom is -0.481 e. The van der Waals surface area contributed by atoms with Gasteiger partial charge in [-0.1, -0.05) is 25.0 Å². The molecule has 1 amide bonds. The number of sulfonamides is 1. The number of hydrogen-bond donors (Lipinski definition) is 2. The van der Waals surface area contributed by atoms with Gasteiger partial charge in [-0.05, 0) is 98.1 Å². The number of aromatic amines is 1. The highest BCUT2D eigenvalue weighted by Gasteiger charge is 2.68. The molecule has 3 saturated carbocycles. The number of aromatic nitrogens is 2. The summed E-state index contributed by atoms with van der Waals surface area (Å²) in [5.41, 5.74) is 4.72. The number of piperazine rings is 1. The van der Waals surface area contributed by atoms with E-state index in [2.05, 4.69) is 38.3 Å². The van der Waals surface area contributed by atoms with Crippen molar-refractivity contribution in [3.05, 3.63) is 87.7 Å². The number of pyridine rings is 1. The van der Waals surface area contributed by atoms with Crippen LogP contribution in [0.4, 0.5) is 11.4 Å². The number of hydrogen-bond acceptors (Lipinski definition) is 11. The molecular weight excluding hydrogens is 808 g/mol. The molecule has 0 bridgehead atoms. The number of amides is 1. The second kappa shape index (κ2) is 14.5. The van der Waals surface area contributed by atoms with Gasteiger partial charge in [0.2, 0.25) is 0 Å². The molecule has 14 nitrogen and oxygen atoms in total. The fourth-order valence-electron chi connectivity index (χ4n) is 10.1. The van der Waals surface area contributed by atoms with E-state index in [-0.39, 0.29) is 28.8 Å². The Morgan fingerprint density at radius 1 is 1.05 bits per heavy atom. The van der Waals surface area contributed by atoms with Gasteiger partial charge in [0.25, 0.3) is 15.9 Å². The number of ether oxygens (including phenoxy) is 3. The average Bonchev–Trinajstić information content (AvgIpc) is 3.97. The molecule has 10 rings (SSSR count). The maximum absolute atomic E-state index is 13.9. The summed E-state index contributed by atoms with van der Waals surface area (Å²) < 4.78 is 47.5. The number of alkyl halides is 1. The minimum atomic E-state index is -4.58. The molecule has 4 aromatic rings. The predicted octanol–water partition coefficient (Wildman–Crippen LogP) is 7.73. The van der Waals surface area contributed by atoms with Crippen LogP contribution in [0, 0.1) is 26.9 Å². The Morgan fingerprint density at radius 2 is 1.87 bits per heavy atom. The average molecular weight is 857 g/mol. The van der Waals surface area contributed by atoms with E-state index in [0.29, 0.717) is 46.5 Å². The van der Waals surface area contributed by atoms with Crippen molar-refractivity contribution in [3.8, 4) is 17.2 Å². The molecule has 4 aliphatic carbocycles. The first-order chi connectivity index (χ1) is 28.7.